The van der Waals surface area contributed by atoms with E-state index in [0.29, 0.717) is 15.2 Å². The predicted molar refractivity (Wildman–Crippen MR) is 119 cm³/mol. The van der Waals surface area contributed by atoms with Crippen LogP contribution in [0.4, 0.5) is 5.69 Å². The molecule has 0 spiro atoms. The van der Waals surface area contributed by atoms with Gasteiger partial charge in [0.2, 0.25) is 5.91 Å². The third-order valence-corrected chi connectivity index (χ3v) is 5.82. The molecule has 1 N–H and O–H groups in total. The van der Waals surface area contributed by atoms with Crippen LogP contribution in [0.1, 0.15) is 11.1 Å². The molecule has 0 saturated heterocycles. The number of thiophene rings is 1. The lowest BCUT2D eigenvalue weighted by atomic mass is 10.1. The molecule has 5 nitrogen and oxygen atoms in total. The molecule has 0 aliphatic heterocycles. The molecule has 2 aromatic carbocycles. The second-order valence-electron chi connectivity index (χ2n) is 6.88. The lowest BCUT2D eigenvalue weighted by Gasteiger charge is -2.10. The molecular weight excluding hydrogens is 406 g/mol. The zero-order chi connectivity index (χ0) is 20.5. The summed E-state index contributed by atoms with van der Waals surface area (Å²) in [6.07, 6.45) is 1.42. The quantitative estimate of drug-likeness (QED) is 0.500. The van der Waals surface area contributed by atoms with Crippen LogP contribution in [-0.4, -0.2) is 15.5 Å². The summed E-state index contributed by atoms with van der Waals surface area (Å²) in [6.45, 7) is 3.83. The number of nitrogens with zero attached hydrogens (tertiary/aromatic N) is 2. The van der Waals surface area contributed by atoms with Crippen molar-refractivity contribution >= 4 is 44.7 Å². The number of rotatable bonds is 4. The molecule has 1 amide bonds. The van der Waals surface area contributed by atoms with Crippen LogP contribution in [-0.2, 0) is 11.3 Å². The summed E-state index contributed by atoms with van der Waals surface area (Å²) < 4.78 is 1.34. The van der Waals surface area contributed by atoms with Crippen LogP contribution in [0.3, 0.4) is 0 Å². The molecule has 29 heavy (non-hydrogen) atoms. The van der Waals surface area contributed by atoms with E-state index in [0.717, 1.165) is 27.9 Å². The molecule has 0 aliphatic rings. The van der Waals surface area contributed by atoms with Crippen molar-refractivity contribution in [2.45, 2.75) is 20.4 Å². The van der Waals surface area contributed by atoms with Crippen LogP contribution < -0.4 is 10.9 Å². The van der Waals surface area contributed by atoms with Crippen molar-refractivity contribution in [3.63, 3.8) is 0 Å². The number of fused-ring (bicyclic) bond motifs is 1. The maximum Gasteiger partial charge on any atom is 0.263 e. The molecule has 0 saturated carbocycles. The number of hydrogen-bond donors (Lipinski definition) is 1. The van der Waals surface area contributed by atoms with E-state index in [1.165, 1.54) is 22.2 Å². The zero-order valence-corrected chi connectivity index (χ0v) is 17.5. The first-order valence-corrected chi connectivity index (χ1v) is 10.3. The Morgan fingerprint density at radius 2 is 1.93 bits per heavy atom. The minimum atomic E-state index is -0.275. The lowest BCUT2D eigenvalue weighted by molar-refractivity contribution is -0.116. The number of amides is 1. The number of carbonyl (C=O) groups is 1. The highest BCUT2D eigenvalue weighted by Gasteiger charge is 2.15. The molecule has 0 unspecified atom stereocenters. The van der Waals surface area contributed by atoms with Crippen molar-refractivity contribution in [2.24, 2.45) is 0 Å². The summed E-state index contributed by atoms with van der Waals surface area (Å²) in [5.41, 5.74) is 4.28. The molecule has 0 aliphatic carbocycles. The van der Waals surface area contributed by atoms with E-state index in [1.54, 1.807) is 12.1 Å². The highest BCUT2D eigenvalue weighted by molar-refractivity contribution is 7.17. The standard InChI is InChI=1S/C22H18ClN3O2S/c1-13-3-8-18(14(2)9-13)25-19(27)10-26-12-24-21-20(22(26)28)17(11-29-21)15-4-6-16(23)7-5-15/h3-9,11-12H,10H2,1-2H3,(H,25,27). The minimum absolute atomic E-state index is 0.106. The smallest absolute Gasteiger partial charge is 0.263 e. The van der Waals surface area contributed by atoms with Crippen molar-refractivity contribution in [1.82, 2.24) is 9.55 Å². The van der Waals surface area contributed by atoms with E-state index in [2.05, 4.69) is 10.3 Å². The Hall–Kier alpha value is -2.96. The first-order valence-electron chi connectivity index (χ1n) is 9.02. The molecule has 0 radical (unpaired) electrons. The Balaban J connectivity index is 1.65. The Bertz CT molecular complexity index is 1280. The SMILES string of the molecule is Cc1ccc(NC(=O)Cn2cnc3scc(-c4ccc(Cl)cc4)c3c2=O)c(C)c1. The van der Waals surface area contributed by atoms with Crippen molar-refractivity contribution in [3.8, 4) is 11.1 Å². The van der Waals surface area contributed by atoms with Gasteiger partial charge in [-0.05, 0) is 43.2 Å². The van der Waals surface area contributed by atoms with Gasteiger partial charge in [0.05, 0.1) is 11.7 Å². The molecule has 7 heteroatoms. The fourth-order valence-electron chi connectivity index (χ4n) is 3.22. The fourth-order valence-corrected chi connectivity index (χ4v) is 4.25. The van der Waals surface area contributed by atoms with Gasteiger partial charge in [0.25, 0.3) is 5.56 Å². The Kier molecular flexibility index (Phi) is 5.22. The third kappa shape index (κ3) is 3.95. The summed E-state index contributed by atoms with van der Waals surface area (Å²) in [7, 11) is 0. The predicted octanol–water partition coefficient (Wildman–Crippen LogP) is 5.03. The lowest BCUT2D eigenvalue weighted by Crippen LogP contribution is -2.28. The molecule has 4 rings (SSSR count). The van der Waals surface area contributed by atoms with Crippen molar-refractivity contribution in [1.29, 1.82) is 0 Å². The summed E-state index contributed by atoms with van der Waals surface area (Å²) in [4.78, 5) is 30.6. The van der Waals surface area contributed by atoms with Gasteiger partial charge in [-0.25, -0.2) is 4.98 Å². The van der Waals surface area contributed by atoms with E-state index in [-0.39, 0.29) is 18.0 Å². The van der Waals surface area contributed by atoms with E-state index in [9.17, 15) is 9.59 Å². The third-order valence-electron chi connectivity index (χ3n) is 4.69. The van der Waals surface area contributed by atoms with Gasteiger partial charge in [-0.2, -0.15) is 0 Å². The summed E-state index contributed by atoms with van der Waals surface area (Å²) in [5.74, 6) is -0.275. The number of aryl methyl sites for hydroxylation is 2. The van der Waals surface area contributed by atoms with Crippen LogP contribution in [0.15, 0.2) is 59.0 Å². The number of hydrogen-bond acceptors (Lipinski definition) is 4. The molecule has 0 bridgehead atoms. The fraction of sp³-hybridized carbons (Fsp3) is 0.136. The normalized spacial score (nSPS) is 11.0. The average Bonchev–Trinajstić information content (AvgIpc) is 3.12. The number of nitrogens with one attached hydrogen (secondary N) is 1. The first-order chi connectivity index (χ1) is 13.9. The molecule has 0 atom stereocenters. The van der Waals surface area contributed by atoms with E-state index < -0.39 is 0 Å². The van der Waals surface area contributed by atoms with E-state index >= 15 is 0 Å². The van der Waals surface area contributed by atoms with Crippen LogP contribution in [0, 0.1) is 13.8 Å². The van der Waals surface area contributed by atoms with Crippen LogP contribution in [0.25, 0.3) is 21.3 Å². The van der Waals surface area contributed by atoms with Gasteiger partial charge in [-0.15, -0.1) is 11.3 Å². The Morgan fingerprint density at radius 1 is 1.17 bits per heavy atom. The summed E-state index contributed by atoms with van der Waals surface area (Å²) in [6, 6.07) is 13.1. The average molecular weight is 424 g/mol. The number of anilines is 1. The highest BCUT2D eigenvalue weighted by atomic mass is 35.5. The van der Waals surface area contributed by atoms with Gasteiger partial charge in [-0.3, -0.25) is 14.2 Å². The van der Waals surface area contributed by atoms with Crippen LogP contribution in [0.5, 0.6) is 0 Å². The molecular formula is C22H18ClN3O2S. The Labute approximate surface area is 176 Å². The molecule has 2 heterocycles. The van der Waals surface area contributed by atoms with Crippen LogP contribution in [0.2, 0.25) is 5.02 Å². The van der Waals surface area contributed by atoms with Crippen molar-refractivity contribution < 1.29 is 4.79 Å². The zero-order valence-electron chi connectivity index (χ0n) is 15.9. The van der Waals surface area contributed by atoms with Gasteiger partial charge < -0.3 is 5.32 Å². The van der Waals surface area contributed by atoms with Gasteiger partial charge >= 0.3 is 0 Å². The molecule has 146 valence electrons. The maximum absolute atomic E-state index is 13.1. The minimum Gasteiger partial charge on any atom is -0.324 e. The van der Waals surface area contributed by atoms with Gasteiger partial charge in [0, 0.05) is 21.7 Å². The largest absolute Gasteiger partial charge is 0.324 e. The van der Waals surface area contributed by atoms with Crippen LogP contribution >= 0.6 is 22.9 Å². The monoisotopic (exact) mass is 423 g/mol. The van der Waals surface area contributed by atoms with Gasteiger partial charge in [0.15, 0.2) is 0 Å². The molecule has 4 aromatic rings. The summed E-state index contributed by atoms with van der Waals surface area (Å²) in [5, 5.41) is 5.92. The number of halogens is 1. The maximum atomic E-state index is 13.1. The molecule has 0 fully saturated rings. The topological polar surface area (TPSA) is 64.0 Å². The van der Waals surface area contributed by atoms with Gasteiger partial charge in [-0.1, -0.05) is 41.4 Å². The van der Waals surface area contributed by atoms with Crippen molar-refractivity contribution in [3.05, 3.63) is 80.7 Å². The second kappa shape index (κ2) is 7.81. The molecule has 2 aromatic heterocycles. The second-order valence-corrected chi connectivity index (χ2v) is 8.18. The van der Waals surface area contributed by atoms with Crippen molar-refractivity contribution in [2.75, 3.05) is 5.32 Å². The number of aromatic nitrogens is 2. The summed E-state index contributed by atoms with van der Waals surface area (Å²) >= 11 is 7.37. The van der Waals surface area contributed by atoms with E-state index in [4.69, 9.17) is 11.6 Å². The Morgan fingerprint density at radius 3 is 2.66 bits per heavy atom. The van der Waals surface area contributed by atoms with Gasteiger partial charge in [0.1, 0.15) is 11.4 Å². The highest BCUT2D eigenvalue weighted by Crippen LogP contribution is 2.31. The first kappa shape index (κ1) is 19.4. The number of carbonyl (C=O) groups excluding carboxylic acids is 1. The van der Waals surface area contributed by atoms with E-state index in [1.807, 2.05) is 49.6 Å². The number of benzene rings is 2.